The van der Waals surface area contributed by atoms with Crippen molar-refractivity contribution in [1.82, 2.24) is 15.1 Å². The number of hydrogen-bond donors (Lipinski definition) is 1. The van der Waals surface area contributed by atoms with Crippen molar-refractivity contribution < 1.29 is 14.5 Å². The molecule has 1 aromatic carbocycles. The summed E-state index contributed by atoms with van der Waals surface area (Å²) in [5, 5.41) is 17.2. The summed E-state index contributed by atoms with van der Waals surface area (Å²) in [5.74, 6) is 0.755. The van der Waals surface area contributed by atoms with Gasteiger partial charge in [0.15, 0.2) is 18.6 Å². The first kappa shape index (κ1) is 22.0. The van der Waals surface area contributed by atoms with Gasteiger partial charge >= 0.3 is 0 Å². The molecule has 0 bridgehead atoms. The number of quaternary nitrogens is 1. The van der Waals surface area contributed by atoms with Gasteiger partial charge < -0.3 is 15.0 Å². The average Bonchev–Trinajstić information content (AvgIpc) is 3.17. The molecule has 1 fully saturated rings. The molecule has 0 radical (unpaired) electrons. The van der Waals surface area contributed by atoms with Crippen molar-refractivity contribution in [3.05, 3.63) is 88.3 Å². The Kier molecular flexibility index (Phi) is 6.87. The van der Waals surface area contributed by atoms with E-state index < -0.39 is 0 Å². The van der Waals surface area contributed by atoms with E-state index in [0.29, 0.717) is 19.0 Å². The maximum Gasteiger partial charge on any atom is 0.208 e. The molecule has 4 rings (SSSR count). The van der Waals surface area contributed by atoms with Crippen molar-refractivity contribution in [3.8, 4) is 11.5 Å². The smallest absolute Gasteiger partial charge is 0.208 e. The molecule has 1 unspecified atom stereocenters. The Bertz CT molecular complexity index is 1080. The minimum atomic E-state index is 0.137. The van der Waals surface area contributed by atoms with Crippen LogP contribution in [0.3, 0.4) is 0 Å². The minimum absolute atomic E-state index is 0.137. The molecule has 7 nitrogen and oxygen atoms in total. The van der Waals surface area contributed by atoms with Gasteiger partial charge in [-0.15, -0.1) is 0 Å². The van der Waals surface area contributed by atoms with E-state index >= 15 is 0 Å². The van der Waals surface area contributed by atoms with Crippen LogP contribution in [-0.4, -0.2) is 28.2 Å². The summed E-state index contributed by atoms with van der Waals surface area (Å²) in [4.78, 5) is 8.61. The third-order valence-electron chi connectivity index (χ3n) is 6.07. The first-order valence-corrected chi connectivity index (χ1v) is 11.1. The molecule has 1 aliphatic heterocycles. The monoisotopic (exact) mass is 432 g/mol. The second-order valence-corrected chi connectivity index (χ2v) is 8.31. The van der Waals surface area contributed by atoms with Gasteiger partial charge in [0.2, 0.25) is 5.69 Å². The third kappa shape index (κ3) is 5.00. The topological polar surface area (TPSA) is 79.3 Å². The van der Waals surface area contributed by atoms with Gasteiger partial charge in [-0.2, -0.15) is 0 Å². The quantitative estimate of drug-likeness (QED) is 0.268. The van der Waals surface area contributed by atoms with Crippen LogP contribution in [0.5, 0.6) is 0 Å². The van der Waals surface area contributed by atoms with Crippen LogP contribution in [0, 0.1) is 19.1 Å². The standard InChI is InChI=1S/C25H30N5O2/c1-18-7-9-20(10-8-18)22-11-14-30(31)24(22)17-32-15-4-6-21-16-23(28-29(3)19(21)2)25-26-12-5-13-27-25/h5,7-10,12-13,16-17,22,30H,4,6,11,14-15H2,1-3H3/q+1/b24-17+/t22-/m1/s1. The molecule has 2 aromatic heterocycles. The lowest BCUT2D eigenvalue weighted by molar-refractivity contribution is -0.796. The van der Waals surface area contributed by atoms with Crippen LogP contribution in [0.25, 0.3) is 11.5 Å². The second kappa shape index (κ2) is 9.97. The molecular weight excluding hydrogens is 402 g/mol. The SMILES string of the molecule is Cc1ccc([C@H]2CC[NH+]([O-])/C2=C/OCCCc2cc(-c3ncccn3)n[n+](C)c2C)cc1. The van der Waals surface area contributed by atoms with Gasteiger partial charge in [-0.25, -0.2) is 9.97 Å². The average molecular weight is 433 g/mol. The summed E-state index contributed by atoms with van der Waals surface area (Å²) >= 11 is 0. The Morgan fingerprint density at radius 3 is 2.69 bits per heavy atom. The Labute approximate surface area is 189 Å². The van der Waals surface area contributed by atoms with E-state index in [1.165, 1.54) is 16.7 Å². The van der Waals surface area contributed by atoms with Crippen LogP contribution in [0.1, 0.15) is 41.1 Å². The molecular formula is C25H30N5O2+. The molecule has 3 aromatic rings. The van der Waals surface area contributed by atoms with E-state index in [1.807, 2.05) is 11.7 Å². The summed E-state index contributed by atoms with van der Waals surface area (Å²) < 4.78 is 7.71. The molecule has 0 aliphatic carbocycles. The Morgan fingerprint density at radius 1 is 1.19 bits per heavy atom. The molecule has 0 saturated carbocycles. The molecule has 1 N–H and O–H groups in total. The van der Waals surface area contributed by atoms with E-state index in [2.05, 4.69) is 59.2 Å². The lowest BCUT2D eigenvalue weighted by Gasteiger charge is -2.19. The lowest BCUT2D eigenvalue weighted by atomic mass is 9.95. The number of benzene rings is 1. The number of aryl methyl sites for hydroxylation is 3. The fraction of sp³-hybridized carbons (Fsp3) is 0.360. The van der Waals surface area contributed by atoms with Crippen molar-refractivity contribution in [2.24, 2.45) is 7.05 Å². The maximum atomic E-state index is 12.4. The highest BCUT2D eigenvalue weighted by molar-refractivity contribution is 5.48. The summed E-state index contributed by atoms with van der Waals surface area (Å²) in [6.45, 7) is 5.28. The van der Waals surface area contributed by atoms with Crippen LogP contribution in [-0.2, 0) is 18.2 Å². The minimum Gasteiger partial charge on any atom is -0.629 e. The van der Waals surface area contributed by atoms with Crippen molar-refractivity contribution >= 4 is 0 Å². The molecule has 1 saturated heterocycles. The fourth-order valence-corrected chi connectivity index (χ4v) is 4.09. The Hall–Kier alpha value is -3.16. The van der Waals surface area contributed by atoms with Gasteiger partial charge in [0.1, 0.15) is 12.0 Å². The van der Waals surface area contributed by atoms with E-state index in [1.54, 1.807) is 24.7 Å². The molecule has 1 aliphatic rings. The molecule has 2 atom stereocenters. The summed E-state index contributed by atoms with van der Waals surface area (Å²) in [5.41, 5.74) is 6.26. The highest BCUT2D eigenvalue weighted by Gasteiger charge is 2.30. The third-order valence-corrected chi connectivity index (χ3v) is 6.07. The largest absolute Gasteiger partial charge is 0.629 e. The number of ether oxygens (including phenoxy) is 1. The molecule has 32 heavy (non-hydrogen) atoms. The van der Waals surface area contributed by atoms with Crippen LogP contribution in [0.15, 0.2) is 60.8 Å². The highest BCUT2D eigenvalue weighted by Crippen LogP contribution is 2.28. The van der Waals surface area contributed by atoms with Crippen LogP contribution >= 0.6 is 0 Å². The summed E-state index contributed by atoms with van der Waals surface area (Å²) in [6, 6.07) is 12.3. The number of nitrogens with zero attached hydrogens (tertiary/aromatic N) is 4. The van der Waals surface area contributed by atoms with Crippen LogP contribution in [0.2, 0.25) is 0 Å². The maximum absolute atomic E-state index is 12.4. The molecule has 0 amide bonds. The first-order chi connectivity index (χ1) is 15.5. The predicted octanol–water partition coefficient (Wildman–Crippen LogP) is 2.34. The number of allylic oxidation sites excluding steroid dienone is 1. The van der Waals surface area contributed by atoms with Gasteiger partial charge in [-0.05, 0) is 37.5 Å². The van der Waals surface area contributed by atoms with E-state index in [-0.39, 0.29) is 11.0 Å². The predicted molar refractivity (Wildman–Crippen MR) is 121 cm³/mol. The van der Waals surface area contributed by atoms with Gasteiger partial charge in [0.05, 0.1) is 19.1 Å². The van der Waals surface area contributed by atoms with Crippen LogP contribution in [0.4, 0.5) is 0 Å². The fourth-order valence-electron chi connectivity index (χ4n) is 4.09. The zero-order chi connectivity index (χ0) is 22.5. The number of nitrogens with one attached hydrogen (secondary N) is 1. The summed E-state index contributed by atoms with van der Waals surface area (Å²) in [6.07, 6.45) is 7.68. The Balaban J connectivity index is 1.38. The van der Waals surface area contributed by atoms with Crippen molar-refractivity contribution in [2.75, 3.05) is 13.2 Å². The van der Waals surface area contributed by atoms with E-state index in [9.17, 15) is 5.21 Å². The first-order valence-electron chi connectivity index (χ1n) is 11.1. The highest BCUT2D eigenvalue weighted by atomic mass is 16.5. The number of aromatic nitrogens is 4. The van der Waals surface area contributed by atoms with Crippen LogP contribution < -0.4 is 9.75 Å². The normalized spacial score (nSPS) is 19.4. The van der Waals surface area contributed by atoms with Crippen molar-refractivity contribution in [3.63, 3.8) is 0 Å². The molecule has 0 spiro atoms. The van der Waals surface area contributed by atoms with Gasteiger partial charge in [-0.1, -0.05) is 34.5 Å². The van der Waals surface area contributed by atoms with E-state index in [4.69, 9.17) is 4.74 Å². The Morgan fingerprint density at radius 2 is 1.94 bits per heavy atom. The van der Waals surface area contributed by atoms with Gasteiger partial charge in [0, 0.05) is 36.4 Å². The van der Waals surface area contributed by atoms with Crippen molar-refractivity contribution in [1.29, 1.82) is 0 Å². The summed E-state index contributed by atoms with van der Waals surface area (Å²) in [7, 11) is 1.93. The lowest BCUT2D eigenvalue weighted by Crippen LogP contribution is -3.03. The zero-order valence-electron chi connectivity index (χ0n) is 18.9. The van der Waals surface area contributed by atoms with E-state index in [0.717, 1.165) is 36.3 Å². The van der Waals surface area contributed by atoms with Crippen molar-refractivity contribution in [2.45, 2.75) is 39.0 Å². The zero-order valence-corrected chi connectivity index (χ0v) is 18.9. The molecule has 7 heteroatoms. The molecule has 166 valence electrons. The second-order valence-electron chi connectivity index (χ2n) is 8.31. The van der Waals surface area contributed by atoms with Gasteiger partial charge in [0.25, 0.3) is 0 Å². The number of hydrogen-bond acceptors (Lipinski definition) is 5. The van der Waals surface area contributed by atoms with Gasteiger partial charge in [-0.3, -0.25) is 0 Å². The number of rotatable bonds is 7. The molecule has 3 heterocycles. The number of hydroxylamine groups is 2.